The van der Waals surface area contributed by atoms with Gasteiger partial charge in [0.15, 0.2) is 0 Å². The van der Waals surface area contributed by atoms with Crippen molar-refractivity contribution in [1.82, 2.24) is 0 Å². The summed E-state index contributed by atoms with van der Waals surface area (Å²) < 4.78 is 5.52. The van der Waals surface area contributed by atoms with Crippen LogP contribution in [0.25, 0.3) is 6.08 Å². The quantitative estimate of drug-likeness (QED) is 0.703. The van der Waals surface area contributed by atoms with E-state index in [4.69, 9.17) is 10.5 Å². The molecule has 0 saturated carbocycles. The lowest BCUT2D eigenvalue weighted by Gasteiger charge is -2.04. The number of amides is 2. The van der Waals surface area contributed by atoms with Crippen LogP contribution in [-0.4, -0.2) is 18.4 Å². The summed E-state index contributed by atoms with van der Waals surface area (Å²) in [4.78, 5) is 24.6. The highest BCUT2D eigenvalue weighted by Gasteiger charge is 2.14. The molecule has 0 spiro atoms. The third kappa shape index (κ3) is 5.46. The van der Waals surface area contributed by atoms with Gasteiger partial charge >= 0.3 is 0 Å². The Labute approximate surface area is 151 Å². The zero-order chi connectivity index (χ0) is 18.2. The topological polar surface area (TPSA) is 81.4 Å². The second kappa shape index (κ2) is 9.03. The smallest absolute Gasteiger partial charge is 0.251 e. The number of carbonyl (C=O) groups excluding carboxylic acids is 2. The van der Waals surface area contributed by atoms with Crippen molar-refractivity contribution in [2.24, 2.45) is 5.73 Å². The number of hydrogen-bond acceptors (Lipinski definition) is 4. The van der Waals surface area contributed by atoms with E-state index in [1.165, 1.54) is 17.4 Å². The minimum absolute atomic E-state index is 0.307. The van der Waals surface area contributed by atoms with Crippen molar-refractivity contribution in [3.05, 3.63) is 52.4 Å². The third-order valence-corrected chi connectivity index (χ3v) is 4.61. The number of nitrogens with two attached hydrogens (primary N) is 1. The third-order valence-electron chi connectivity index (χ3n) is 3.41. The second-order valence-electron chi connectivity index (χ2n) is 5.41. The van der Waals surface area contributed by atoms with Gasteiger partial charge in [-0.25, -0.2) is 0 Å². The minimum atomic E-state index is -0.544. The molecule has 3 N–H and O–H groups in total. The molecule has 25 heavy (non-hydrogen) atoms. The van der Waals surface area contributed by atoms with Gasteiger partial charge in [0, 0.05) is 11.0 Å². The highest BCUT2D eigenvalue weighted by atomic mass is 32.1. The molecule has 0 saturated heterocycles. The van der Waals surface area contributed by atoms with Gasteiger partial charge in [0.2, 0.25) is 5.91 Å². The molecule has 6 heteroatoms. The largest absolute Gasteiger partial charge is 0.494 e. The first-order valence-corrected chi connectivity index (χ1v) is 8.99. The van der Waals surface area contributed by atoms with Gasteiger partial charge in [-0.05, 0) is 42.7 Å². The van der Waals surface area contributed by atoms with Crippen molar-refractivity contribution < 1.29 is 14.3 Å². The van der Waals surface area contributed by atoms with Crippen LogP contribution in [0.1, 0.15) is 41.1 Å². The lowest BCUT2D eigenvalue weighted by atomic mass is 10.2. The Morgan fingerprint density at radius 2 is 1.96 bits per heavy atom. The van der Waals surface area contributed by atoms with Crippen LogP contribution in [0, 0.1) is 0 Å². The summed E-state index contributed by atoms with van der Waals surface area (Å²) in [5.74, 6) is -0.0450. The maximum Gasteiger partial charge on any atom is 0.251 e. The van der Waals surface area contributed by atoms with Crippen LogP contribution in [0.3, 0.4) is 0 Å². The molecular formula is C19H22N2O3S. The predicted molar refractivity (Wildman–Crippen MR) is 102 cm³/mol. The molecule has 0 aliphatic rings. The number of aryl methyl sites for hydroxylation is 1. The molecule has 1 heterocycles. The number of ether oxygens (including phenoxy) is 1. The SMILES string of the molecule is CCCOc1ccc(/C=C/C(=O)Nc2sc(CC)cc2C(N)=O)cc1. The molecule has 0 aliphatic heterocycles. The van der Waals surface area contributed by atoms with Crippen molar-refractivity contribution in [3.63, 3.8) is 0 Å². The number of anilines is 1. The second-order valence-corrected chi connectivity index (χ2v) is 6.55. The van der Waals surface area contributed by atoms with Crippen LogP contribution in [-0.2, 0) is 11.2 Å². The van der Waals surface area contributed by atoms with Gasteiger partial charge in [-0.1, -0.05) is 26.0 Å². The molecule has 5 nitrogen and oxygen atoms in total. The summed E-state index contributed by atoms with van der Waals surface area (Å²) in [5, 5.41) is 3.21. The van der Waals surface area contributed by atoms with Gasteiger partial charge in [-0.15, -0.1) is 11.3 Å². The maximum atomic E-state index is 12.1. The number of rotatable bonds is 8. The number of carbonyl (C=O) groups is 2. The molecule has 132 valence electrons. The number of nitrogens with one attached hydrogen (secondary N) is 1. The van der Waals surface area contributed by atoms with Crippen molar-refractivity contribution in [2.45, 2.75) is 26.7 Å². The first-order valence-electron chi connectivity index (χ1n) is 8.18. The van der Waals surface area contributed by atoms with Crippen molar-refractivity contribution in [3.8, 4) is 5.75 Å². The van der Waals surface area contributed by atoms with E-state index in [-0.39, 0.29) is 5.91 Å². The van der Waals surface area contributed by atoms with E-state index in [0.29, 0.717) is 17.2 Å². The van der Waals surface area contributed by atoms with E-state index in [9.17, 15) is 9.59 Å². The molecule has 2 amide bonds. The zero-order valence-electron chi connectivity index (χ0n) is 14.4. The molecule has 0 atom stereocenters. The predicted octanol–water partition coefficient (Wildman–Crippen LogP) is 3.85. The first-order chi connectivity index (χ1) is 12.0. The van der Waals surface area contributed by atoms with Crippen LogP contribution in [0.2, 0.25) is 0 Å². The monoisotopic (exact) mass is 358 g/mol. The van der Waals surface area contributed by atoms with Gasteiger partial charge in [0.25, 0.3) is 5.91 Å². The zero-order valence-corrected chi connectivity index (χ0v) is 15.2. The normalized spacial score (nSPS) is 10.8. The van der Waals surface area contributed by atoms with Crippen LogP contribution in [0.4, 0.5) is 5.00 Å². The van der Waals surface area contributed by atoms with E-state index in [1.807, 2.05) is 31.2 Å². The summed E-state index contributed by atoms with van der Waals surface area (Å²) >= 11 is 1.36. The van der Waals surface area contributed by atoms with Crippen LogP contribution >= 0.6 is 11.3 Å². The number of benzene rings is 1. The van der Waals surface area contributed by atoms with Gasteiger partial charge in [0.05, 0.1) is 12.2 Å². The van der Waals surface area contributed by atoms with Crippen molar-refractivity contribution in [1.29, 1.82) is 0 Å². The Morgan fingerprint density at radius 1 is 1.24 bits per heavy atom. The van der Waals surface area contributed by atoms with E-state index < -0.39 is 5.91 Å². The molecule has 0 aliphatic carbocycles. The summed E-state index contributed by atoms with van der Waals surface area (Å²) in [6.45, 7) is 4.72. The standard InChI is InChI=1S/C19H22N2O3S/c1-3-11-24-14-8-5-13(6-9-14)7-10-17(22)21-19-16(18(20)23)12-15(4-2)25-19/h5-10,12H,3-4,11H2,1-2H3,(H2,20,23)(H,21,22)/b10-7+. The average molecular weight is 358 g/mol. The van der Waals surface area contributed by atoms with E-state index in [2.05, 4.69) is 12.2 Å². The number of hydrogen-bond donors (Lipinski definition) is 2. The van der Waals surface area contributed by atoms with Crippen LogP contribution < -0.4 is 15.8 Å². The number of thiophene rings is 1. The lowest BCUT2D eigenvalue weighted by molar-refractivity contribution is -0.111. The highest BCUT2D eigenvalue weighted by molar-refractivity contribution is 7.16. The van der Waals surface area contributed by atoms with Crippen molar-refractivity contribution >= 4 is 34.2 Å². The average Bonchev–Trinajstić information content (AvgIpc) is 3.02. The fourth-order valence-electron chi connectivity index (χ4n) is 2.11. The summed E-state index contributed by atoms with van der Waals surface area (Å²) in [6.07, 6.45) is 4.87. The van der Waals surface area contributed by atoms with Crippen LogP contribution in [0.5, 0.6) is 5.75 Å². The molecule has 0 unspecified atom stereocenters. The molecule has 0 radical (unpaired) electrons. The Balaban J connectivity index is 2.01. The summed E-state index contributed by atoms with van der Waals surface area (Å²) in [6, 6.07) is 9.21. The van der Waals surface area contributed by atoms with Gasteiger partial charge in [0.1, 0.15) is 10.8 Å². The van der Waals surface area contributed by atoms with E-state index >= 15 is 0 Å². The van der Waals surface area contributed by atoms with Crippen LogP contribution in [0.15, 0.2) is 36.4 Å². The van der Waals surface area contributed by atoms with Gasteiger partial charge < -0.3 is 15.8 Å². The molecule has 2 rings (SSSR count). The maximum absolute atomic E-state index is 12.1. The Kier molecular flexibility index (Phi) is 6.77. The molecule has 2 aromatic rings. The molecule has 1 aromatic carbocycles. The molecule has 0 bridgehead atoms. The highest BCUT2D eigenvalue weighted by Crippen LogP contribution is 2.28. The van der Waals surface area contributed by atoms with Gasteiger partial charge in [-0.3, -0.25) is 9.59 Å². The van der Waals surface area contributed by atoms with Crippen molar-refractivity contribution in [2.75, 3.05) is 11.9 Å². The molecule has 1 aromatic heterocycles. The fraction of sp³-hybridized carbons (Fsp3) is 0.263. The molecule has 0 fully saturated rings. The van der Waals surface area contributed by atoms with E-state index in [0.717, 1.165) is 29.0 Å². The Morgan fingerprint density at radius 3 is 2.56 bits per heavy atom. The molecular weight excluding hydrogens is 336 g/mol. The lowest BCUT2D eigenvalue weighted by Crippen LogP contribution is -2.14. The Hall–Kier alpha value is -2.60. The van der Waals surface area contributed by atoms with Gasteiger partial charge in [-0.2, -0.15) is 0 Å². The minimum Gasteiger partial charge on any atom is -0.494 e. The summed E-state index contributed by atoms with van der Waals surface area (Å²) in [7, 11) is 0. The number of primary amides is 1. The fourth-order valence-corrected chi connectivity index (χ4v) is 3.12. The Bertz CT molecular complexity index is 763. The first kappa shape index (κ1) is 18.7. The van der Waals surface area contributed by atoms with E-state index in [1.54, 1.807) is 12.1 Å². The summed E-state index contributed by atoms with van der Waals surface area (Å²) in [5.41, 5.74) is 6.59.